The number of thiophene rings is 1. The fourth-order valence-electron chi connectivity index (χ4n) is 2.36. The molecular weight excluding hydrogens is 232 g/mol. The molecule has 0 fully saturated rings. The molecule has 3 nitrogen and oxygen atoms in total. The maximum Gasteiger partial charge on any atom is 0.237 e. The van der Waals surface area contributed by atoms with Gasteiger partial charge in [-0.2, -0.15) is 0 Å². The van der Waals surface area contributed by atoms with Gasteiger partial charge in [0.05, 0.1) is 12.1 Å². The van der Waals surface area contributed by atoms with E-state index in [9.17, 15) is 4.79 Å². The van der Waals surface area contributed by atoms with Crippen LogP contribution in [0.3, 0.4) is 0 Å². The molecule has 3 N–H and O–H groups in total. The number of nitrogens with one attached hydrogen (secondary N) is 1. The van der Waals surface area contributed by atoms with Crippen molar-refractivity contribution in [2.75, 3.05) is 0 Å². The molecule has 17 heavy (non-hydrogen) atoms. The molecule has 0 aliphatic heterocycles. The van der Waals surface area contributed by atoms with Crippen LogP contribution in [0.1, 0.15) is 49.1 Å². The third-order valence-electron chi connectivity index (χ3n) is 3.30. The highest BCUT2D eigenvalue weighted by Gasteiger charge is 2.24. The summed E-state index contributed by atoms with van der Waals surface area (Å²) in [6, 6.07) is 1.96. The lowest BCUT2D eigenvalue weighted by atomic mass is 9.93. The molecule has 0 bridgehead atoms. The summed E-state index contributed by atoms with van der Waals surface area (Å²) >= 11 is 1.79. The highest BCUT2D eigenvalue weighted by Crippen LogP contribution is 2.33. The molecule has 2 atom stereocenters. The second-order valence-corrected chi connectivity index (χ2v) is 5.65. The Morgan fingerprint density at radius 2 is 2.53 bits per heavy atom. The van der Waals surface area contributed by atoms with Gasteiger partial charge in [0, 0.05) is 4.88 Å². The van der Waals surface area contributed by atoms with Crippen LogP contribution < -0.4 is 11.1 Å². The number of hydrogen-bond acceptors (Lipinski definition) is 3. The predicted molar refractivity (Wildman–Crippen MR) is 71.0 cm³/mol. The average molecular weight is 252 g/mol. The molecule has 1 aromatic rings. The van der Waals surface area contributed by atoms with Crippen molar-refractivity contribution in [2.45, 2.75) is 51.1 Å². The van der Waals surface area contributed by atoms with Crippen molar-refractivity contribution in [3.8, 4) is 0 Å². The molecule has 1 amide bonds. The summed E-state index contributed by atoms with van der Waals surface area (Å²) in [7, 11) is 0. The van der Waals surface area contributed by atoms with E-state index in [1.807, 2.05) is 6.92 Å². The maximum absolute atomic E-state index is 11.9. The number of fused-ring (bicyclic) bond motifs is 1. The lowest BCUT2D eigenvalue weighted by Gasteiger charge is -2.25. The first kappa shape index (κ1) is 12.6. The molecule has 0 saturated heterocycles. The number of carbonyl (C=O) groups is 1. The largest absolute Gasteiger partial charge is 0.348 e. The van der Waals surface area contributed by atoms with Crippen LogP contribution in [0.2, 0.25) is 0 Å². The maximum atomic E-state index is 11.9. The van der Waals surface area contributed by atoms with Gasteiger partial charge in [0.15, 0.2) is 0 Å². The van der Waals surface area contributed by atoms with E-state index in [1.54, 1.807) is 11.3 Å². The van der Waals surface area contributed by atoms with Crippen molar-refractivity contribution in [1.29, 1.82) is 0 Å². The summed E-state index contributed by atoms with van der Waals surface area (Å²) in [6.45, 7) is 2.05. The van der Waals surface area contributed by atoms with Gasteiger partial charge in [0.1, 0.15) is 0 Å². The predicted octanol–water partition coefficient (Wildman–Crippen LogP) is 2.37. The van der Waals surface area contributed by atoms with Crippen molar-refractivity contribution in [2.24, 2.45) is 5.73 Å². The molecule has 2 unspecified atom stereocenters. The van der Waals surface area contributed by atoms with Crippen molar-refractivity contribution in [1.82, 2.24) is 5.32 Å². The van der Waals surface area contributed by atoms with E-state index in [1.165, 1.54) is 10.4 Å². The molecule has 1 aliphatic rings. The van der Waals surface area contributed by atoms with Crippen LogP contribution in [0.4, 0.5) is 0 Å². The lowest BCUT2D eigenvalue weighted by molar-refractivity contribution is -0.123. The first-order chi connectivity index (χ1) is 8.22. The molecule has 0 radical (unpaired) electrons. The van der Waals surface area contributed by atoms with E-state index < -0.39 is 0 Å². The normalized spacial score (nSPS) is 20.7. The highest BCUT2D eigenvalue weighted by atomic mass is 32.1. The zero-order chi connectivity index (χ0) is 12.3. The first-order valence-electron chi connectivity index (χ1n) is 6.34. The molecule has 2 rings (SSSR count). The average Bonchev–Trinajstić information content (AvgIpc) is 2.78. The van der Waals surface area contributed by atoms with Gasteiger partial charge in [-0.3, -0.25) is 4.79 Å². The van der Waals surface area contributed by atoms with E-state index in [4.69, 9.17) is 5.73 Å². The molecule has 94 valence electrons. The van der Waals surface area contributed by atoms with E-state index >= 15 is 0 Å². The number of amides is 1. The number of carbonyl (C=O) groups excluding carboxylic acids is 1. The van der Waals surface area contributed by atoms with Crippen LogP contribution in [-0.2, 0) is 11.2 Å². The summed E-state index contributed by atoms with van der Waals surface area (Å²) in [4.78, 5) is 13.3. The summed E-state index contributed by atoms with van der Waals surface area (Å²) in [6.07, 6.45) is 5.05. The van der Waals surface area contributed by atoms with Gasteiger partial charge in [0.25, 0.3) is 0 Å². The zero-order valence-electron chi connectivity index (χ0n) is 10.2. The van der Waals surface area contributed by atoms with Gasteiger partial charge in [-0.1, -0.05) is 13.3 Å². The summed E-state index contributed by atoms with van der Waals surface area (Å²) in [5, 5.41) is 5.20. The fourth-order valence-corrected chi connectivity index (χ4v) is 3.34. The Bertz CT molecular complexity index is 389. The molecule has 4 heteroatoms. The van der Waals surface area contributed by atoms with Crippen molar-refractivity contribution < 1.29 is 4.79 Å². The molecule has 0 spiro atoms. The van der Waals surface area contributed by atoms with Crippen LogP contribution in [0.15, 0.2) is 11.4 Å². The van der Waals surface area contributed by atoms with Gasteiger partial charge < -0.3 is 11.1 Å². The van der Waals surface area contributed by atoms with Crippen LogP contribution in [0, 0.1) is 0 Å². The minimum atomic E-state index is -0.357. The van der Waals surface area contributed by atoms with Crippen molar-refractivity contribution >= 4 is 17.2 Å². The Labute approximate surface area is 106 Å². The monoisotopic (exact) mass is 252 g/mol. The molecule has 1 aromatic heterocycles. The standard InChI is InChI=1S/C13H20N2OS/c1-2-4-10(14)13(16)15-11-5-3-6-12-9(11)7-8-17-12/h7-8,10-11H,2-6,14H2,1H3,(H,15,16). The van der Waals surface area contributed by atoms with E-state index in [0.29, 0.717) is 0 Å². The smallest absolute Gasteiger partial charge is 0.237 e. The van der Waals surface area contributed by atoms with E-state index in [0.717, 1.165) is 32.1 Å². The SMILES string of the molecule is CCCC(N)C(=O)NC1CCCc2sccc21. The first-order valence-corrected chi connectivity index (χ1v) is 7.22. The topological polar surface area (TPSA) is 55.1 Å². The number of aryl methyl sites for hydroxylation is 1. The van der Waals surface area contributed by atoms with Gasteiger partial charge >= 0.3 is 0 Å². The van der Waals surface area contributed by atoms with E-state index in [2.05, 4.69) is 16.8 Å². The zero-order valence-corrected chi connectivity index (χ0v) is 11.1. The Hall–Kier alpha value is -0.870. The second-order valence-electron chi connectivity index (χ2n) is 4.65. The third kappa shape index (κ3) is 2.87. The minimum absolute atomic E-state index is 0.00380. The number of rotatable bonds is 4. The van der Waals surface area contributed by atoms with Crippen LogP contribution in [0.5, 0.6) is 0 Å². The Morgan fingerprint density at radius 1 is 1.71 bits per heavy atom. The molecule has 1 heterocycles. The van der Waals surface area contributed by atoms with Crippen molar-refractivity contribution in [3.05, 3.63) is 21.9 Å². The summed E-state index contributed by atoms with van der Waals surface area (Å²) in [5.41, 5.74) is 7.13. The number of nitrogens with two attached hydrogens (primary N) is 1. The van der Waals surface area contributed by atoms with Gasteiger partial charge in [0.2, 0.25) is 5.91 Å². The quantitative estimate of drug-likeness (QED) is 0.864. The van der Waals surface area contributed by atoms with Crippen LogP contribution >= 0.6 is 11.3 Å². The lowest BCUT2D eigenvalue weighted by Crippen LogP contribution is -2.42. The van der Waals surface area contributed by atoms with Gasteiger partial charge in [-0.25, -0.2) is 0 Å². The molecule has 1 aliphatic carbocycles. The number of hydrogen-bond donors (Lipinski definition) is 2. The third-order valence-corrected chi connectivity index (χ3v) is 4.30. The molecular formula is C13H20N2OS. The molecule has 0 aromatic carbocycles. The van der Waals surface area contributed by atoms with Crippen LogP contribution in [0.25, 0.3) is 0 Å². The Kier molecular flexibility index (Phi) is 4.18. The summed E-state index contributed by atoms with van der Waals surface area (Å²) < 4.78 is 0. The van der Waals surface area contributed by atoms with Crippen LogP contribution in [-0.4, -0.2) is 11.9 Å². The Morgan fingerprint density at radius 3 is 3.29 bits per heavy atom. The summed E-state index contributed by atoms with van der Waals surface area (Å²) in [5.74, 6) is -0.00380. The second kappa shape index (κ2) is 5.65. The van der Waals surface area contributed by atoms with Gasteiger partial charge in [-0.15, -0.1) is 11.3 Å². The molecule has 0 saturated carbocycles. The fraction of sp³-hybridized carbons (Fsp3) is 0.615. The van der Waals surface area contributed by atoms with Gasteiger partial charge in [-0.05, 0) is 42.7 Å². The van der Waals surface area contributed by atoms with E-state index in [-0.39, 0.29) is 18.0 Å². The highest BCUT2D eigenvalue weighted by molar-refractivity contribution is 7.10. The Balaban J connectivity index is 1.99. The minimum Gasteiger partial charge on any atom is -0.348 e. The van der Waals surface area contributed by atoms with Crippen molar-refractivity contribution in [3.63, 3.8) is 0 Å².